The van der Waals surface area contributed by atoms with Gasteiger partial charge in [-0.05, 0) is 54.3 Å². The van der Waals surface area contributed by atoms with E-state index in [0.717, 1.165) is 55.4 Å². The third-order valence-electron chi connectivity index (χ3n) is 5.68. The topological polar surface area (TPSA) is 39.3 Å². The quantitative estimate of drug-likeness (QED) is 0.838. The first-order valence-electron chi connectivity index (χ1n) is 9.49. The van der Waals surface area contributed by atoms with Crippen LogP contribution in [0.25, 0.3) is 10.9 Å². The summed E-state index contributed by atoms with van der Waals surface area (Å²) in [6.45, 7) is 5.87. The van der Waals surface area contributed by atoms with Crippen LogP contribution in [0.4, 0.5) is 0 Å². The largest absolute Gasteiger partial charge is 0.357 e. The van der Waals surface area contributed by atoms with E-state index in [0.29, 0.717) is 5.91 Å². The lowest BCUT2D eigenvalue weighted by Gasteiger charge is -2.38. The molecule has 1 unspecified atom stereocenters. The van der Waals surface area contributed by atoms with Crippen LogP contribution >= 0.6 is 15.9 Å². The van der Waals surface area contributed by atoms with Crippen LogP contribution < -0.4 is 0 Å². The van der Waals surface area contributed by atoms with Crippen LogP contribution in [0.3, 0.4) is 0 Å². The number of hydrogen-bond donors (Lipinski definition) is 1. The zero-order chi connectivity index (χ0) is 17.4. The predicted molar refractivity (Wildman–Crippen MR) is 105 cm³/mol. The molecule has 1 N–H and O–H groups in total. The molecule has 0 spiro atoms. The van der Waals surface area contributed by atoms with Crippen molar-refractivity contribution in [2.75, 3.05) is 19.6 Å². The summed E-state index contributed by atoms with van der Waals surface area (Å²) in [4.78, 5) is 21.3. The number of H-pyrrole nitrogens is 1. The molecule has 1 aromatic carbocycles. The molecule has 0 saturated carbocycles. The van der Waals surface area contributed by atoms with Crippen molar-refractivity contribution in [3.8, 4) is 0 Å². The Labute approximate surface area is 157 Å². The molecule has 5 heteroatoms. The van der Waals surface area contributed by atoms with Gasteiger partial charge in [-0.15, -0.1) is 0 Å². The lowest BCUT2D eigenvalue weighted by atomic mass is 9.98. The number of aromatic nitrogens is 1. The number of carbonyl (C=O) groups is 1. The summed E-state index contributed by atoms with van der Waals surface area (Å²) in [5.74, 6) is 0.336. The van der Waals surface area contributed by atoms with Crippen molar-refractivity contribution in [1.29, 1.82) is 0 Å². The molecule has 134 valence electrons. The summed E-state index contributed by atoms with van der Waals surface area (Å²) >= 11 is 3.64. The molecule has 2 aliphatic rings. The van der Waals surface area contributed by atoms with E-state index in [9.17, 15) is 4.79 Å². The first-order chi connectivity index (χ1) is 12.2. The van der Waals surface area contributed by atoms with Crippen molar-refractivity contribution in [1.82, 2.24) is 14.8 Å². The Bertz CT molecular complexity index is 783. The van der Waals surface area contributed by atoms with E-state index >= 15 is 0 Å². The van der Waals surface area contributed by atoms with Gasteiger partial charge in [0.2, 0.25) is 5.91 Å². The first kappa shape index (κ1) is 17.1. The number of fused-ring (bicyclic) bond motifs is 3. The van der Waals surface area contributed by atoms with Gasteiger partial charge >= 0.3 is 0 Å². The van der Waals surface area contributed by atoms with Gasteiger partial charge in [0.15, 0.2) is 0 Å². The smallest absolute Gasteiger partial charge is 0.240 e. The average Bonchev–Trinajstić information content (AvgIpc) is 3.01. The summed E-state index contributed by atoms with van der Waals surface area (Å²) in [7, 11) is 0. The maximum Gasteiger partial charge on any atom is 0.240 e. The molecule has 0 radical (unpaired) electrons. The molecular formula is C20H26BrN3O. The van der Waals surface area contributed by atoms with E-state index in [1.807, 2.05) is 0 Å². The highest BCUT2D eigenvalue weighted by atomic mass is 79.9. The summed E-state index contributed by atoms with van der Waals surface area (Å²) in [6, 6.07) is 6.39. The van der Waals surface area contributed by atoms with Crippen molar-refractivity contribution in [3.63, 3.8) is 0 Å². The number of aromatic amines is 1. The number of likely N-dealkylation sites (tertiary alicyclic amines) is 1. The molecule has 4 nitrogen and oxygen atoms in total. The number of nitrogens with zero attached hydrogens (tertiary/aromatic N) is 2. The lowest BCUT2D eigenvalue weighted by Crippen LogP contribution is -2.52. The number of hydrogen-bond acceptors (Lipinski definition) is 2. The van der Waals surface area contributed by atoms with Gasteiger partial charge in [-0.2, -0.15) is 0 Å². The Hall–Kier alpha value is -1.33. The normalized spacial score (nSPS) is 21.5. The van der Waals surface area contributed by atoms with Gasteiger partial charge in [0.1, 0.15) is 0 Å². The Morgan fingerprint density at radius 1 is 1.32 bits per heavy atom. The fraction of sp³-hybridized carbons (Fsp3) is 0.550. The highest BCUT2D eigenvalue weighted by Gasteiger charge is 2.33. The standard InChI is InChI=1S/C20H26BrN3O/c1-2-10-23-11-4-3-8-18(23)20(25)24-12-9-17-15(13-24)14-6-5-7-16(21)19(14)22-17/h5-7,18,22H,2-4,8-13H2,1H3. The highest BCUT2D eigenvalue weighted by Crippen LogP contribution is 2.32. The number of rotatable bonds is 3. The lowest BCUT2D eigenvalue weighted by molar-refractivity contribution is -0.139. The molecular weight excluding hydrogens is 378 g/mol. The number of piperidine rings is 1. The molecule has 0 bridgehead atoms. The molecule has 2 aliphatic heterocycles. The van der Waals surface area contributed by atoms with E-state index in [4.69, 9.17) is 0 Å². The van der Waals surface area contributed by atoms with Crippen molar-refractivity contribution in [2.24, 2.45) is 0 Å². The summed E-state index contributed by atoms with van der Waals surface area (Å²) < 4.78 is 1.10. The van der Waals surface area contributed by atoms with Crippen LogP contribution in [0.1, 0.15) is 43.9 Å². The van der Waals surface area contributed by atoms with Crippen LogP contribution in [0.2, 0.25) is 0 Å². The molecule has 1 saturated heterocycles. The Morgan fingerprint density at radius 2 is 2.20 bits per heavy atom. The third-order valence-corrected chi connectivity index (χ3v) is 6.34. The molecule has 1 atom stereocenters. The fourth-order valence-corrected chi connectivity index (χ4v) is 4.89. The Balaban J connectivity index is 1.58. The van der Waals surface area contributed by atoms with E-state index in [1.165, 1.54) is 29.5 Å². The SMILES string of the molecule is CCCN1CCCCC1C(=O)N1CCc2[nH]c3c(Br)cccc3c2C1. The second-order valence-electron chi connectivity index (χ2n) is 7.30. The van der Waals surface area contributed by atoms with Gasteiger partial charge in [-0.25, -0.2) is 0 Å². The number of amides is 1. The van der Waals surface area contributed by atoms with E-state index in [1.54, 1.807) is 0 Å². The van der Waals surface area contributed by atoms with Gasteiger partial charge in [0, 0.05) is 40.6 Å². The predicted octanol–water partition coefficient (Wildman–Crippen LogP) is 4.08. The van der Waals surface area contributed by atoms with Crippen LogP contribution in [0.5, 0.6) is 0 Å². The maximum absolute atomic E-state index is 13.2. The maximum atomic E-state index is 13.2. The van der Waals surface area contributed by atoms with Gasteiger partial charge in [-0.1, -0.05) is 25.5 Å². The van der Waals surface area contributed by atoms with Crippen molar-refractivity contribution in [3.05, 3.63) is 33.9 Å². The first-order valence-corrected chi connectivity index (χ1v) is 10.3. The summed E-state index contributed by atoms with van der Waals surface area (Å²) in [5, 5.41) is 1.25. The zero-order valence-electron chi connectivity index (χ0n) is 14.9. The van der Waals surface area contributed by atoms with Crippen molar-refractivity contribution >= 4 is 32.7 Å². The van der Waals surface area contributed by atoms with Gasteiger partial charge < -0.3 is 9.88 Å². The second-order valence-corrected chi connectivity index (χ2v) is 8.16. The van der Waals surface area contributed by atoms with Gasteiger partial charge in [0.05, 0.1) is 11.6 Å². The number of benzene rings is 1. The zero-order valence-corrected chi connectivity index (χ0v) is 16.4. The van der Waals surface area contributed by atoms with Crippen LogP contribution in [-0.2, 0) is 17.8 Å². The second kappa shape index (κ2) is 7.12. The fourth-order valence-electron chi connectivity index (χ4n) is 4.43. The summed E-state index contributed by atoms with van der Waals surface area (Å²) in [5.41, 5.74) is 3.75. The van der Waals surface area contributed by atoms with Crippen molar-refractivity contribution < 1.29 is 4.79 Å². The van der Waals surface area contributed by atoms with Gasteiger partial charge in [-0.3, -0.25) is 9.69 Å². The number of nitrogens with one attached hydrogen (secondary N) is 1. The number of para-hydroxylation sites is 1. The van der Waals surface area contributed by atoms with Crippen LogP contribution in [0, 0.1) is 0 Å². The molecule has 1 aromatic heterocycles. The minimum atomic E-state index is 0.0900. The van der Waals surface area contributed by atoms with Crippen LogP contribution in [-0.4, -0.2) is 46.4 Å². The minimum absolute atomic E-state index is 0.0900. The molecule has 2 aromatic rings. The molecule has 1 amide bonds. The third kappa shape index (κ3) is 3.13. The van der Waals surface area contributed by atoms with E-state index in [-0.39, 0.29) is 6.04 Å². The Morgan fingerprint density at radius 3 is 3.04 bits per heavy atom. The monoisotopic (exact) mass is 403 g/mol. The number of halogens is 1. The highest BCUT2D eigenvalue weighted by molar-refractivity contribution is 9.10. The Kier molecular flexibility index (Phi) is 4.87. The molecule has 4 rings (SSSR count). The molecule has 1 fully saturated rings. The average molecular weight is 404 g/mol. The molecule has 3 heterocycles. The van der Waals surface area contributed by atoms with E-state index < -0.39 is 0 Å². The molecule has 25 heavy (non-hydrogen) atoms. The van der Waals surface area contributed by atoms with Gasteiger partial charge in [0.25, 0.3) is 0 Å². The van der Waals surface area contributed by atoms with Crippen LogP contribution in [0.15, 0.2) is 22.7 Å². The summed E-state index contributed by atoms with van der Waals surface area (Å²) in [6.07, 6.45) is 5.45. The molecule has 0 aliphatic carbocycles. The van der Waals surface area contributed by atoms with E-state index in [2.05, 4.69) is 55.8 Å². The number of carbonyl (C=O) groups excluding carboxylic acids is 1. The minimum Gasteiger partial charge on any atom is -0.357 e. The van der Waals surface area contributed by atoms with Crippen molar-refractivity contribution in [2.45, 2.75) is 51.6 Å².